The Morgan fingerprint density at radius 3 is 2.88 bits per heavy atom. The number of carbonyl (C=O) groups excluding carboxylic acids is 1. The number of rotatable bonds is 2. The number of aromatic nitrogens is 3. The van der Waals surface area contributed by atoms with Crippen molar-refractivity contribution in [2.45, 2.75) is 6.92 Å². The van der Waals surface area contributed by atoms with Crippen LogP contribution in [0.15, 0.2) is 36.7 Å². The summed E-state index contributed by atoms with van der Waals surface area (Å²) in [4.78, 5) is 15.5. The number of hydrogen-bond donors (Lipinski definition) is 2. The molecular formula is C13H11N3O. The molecule has 0 saturated carbocycles. The second-order valence-electron chi connectivity index (χ2n) is 3.99. The van der Waals surface area contributed by atoms with Crippen LogP contribution in [-0.2, 0) is 0 Å². The first-order valence-electron chi connectivity index (χ1n) is 5.38. The number of hydrogen-bond acceptors (Lipinski definition) is 2. The summed E-state index contributed by atoms with van der Waals surface area (Å²) in [6, 6.07) is 7.80. The highest BCUT2D eigenvalue weighted by Gasteiger charge is 2.17. The first-order chi connectivity index (χ1) is 8.27. The lowest BCUT2D eigenvalue weighted by Crippen LogP contribution is -2.00. The lowest BCUT2D eigenvalue weighted by atomic mass is 10.0. The molecule has 1 aromatic carbocycles. The molecule has 84 valence electrons. The smallest absolute Gasteiger partial charge is 0.198 e. The van der Waals surface area contributed by atoms with E-state index in [2.05, 4.69) is 15.2 Å². The predicted octanol–water partition coefficient (Wildman–Crippen LogP) is 2.43. The van der Waals surface area contributed by atoms with Crippen molar-refractivity contribution in [1.82, 2.24) is 15.2 Å². The van der Waals surface area contributed by atoms with Crippen LogP contribution in [0.2, 0.25) is 0 Å². The molecule has 0 amide bonds. The lowest BCUT2D eigenvalue weighted by molar-refractivity contribution is 0.104. The van der Waals surface area contributed by atoms with E-state index in [1.54, 1.807) is 12.4 Å². The van der Waals surface area contributed by atoms with Crippen molar-refractivity contribution in [3.05, 3.63) is 53.5 Å². The number of benzene rings is 1. The zero-order valence-electron chi connectivity index (χ0n) is 9.32. The highest BCUT2D eigenvalue weighted by molar-refractivity contribution is 6.17. The average molecular weight is 225 g/mol. The molecule has 0 bridgehead atoms. The van der Waals surface area contributed by atoms with Crippen LogP contribution >= 0.6 is 0 Å². The van der Waals surface area contributed by atoms with Crippen molar-refractivity contribution in [1.29, 1.82) is 0 Å². The van der Waals surface area contributed by atoms with E-state index in [1.165, 1.54) is 0 Å². The molecule has 3 aromatic rings. The van der Waals surface area contributed by atoms with Gasteiger partial charge < -0.3 is 4.98 Å². The van der Waals surface area contributed by atoms with Crippen molar-refractivity contribution in [3.63, 3.8) is 0 Å². The van der Waals surface area contributed by atoms with Gasteiger partial charge in [0.05, 0.1) is 17.3 Å². The first kappa shape index (κ1) is 9.84. The molecule has 4 heteroatoms. The second-order valence-corrected chi connectivity index (χ2v) is 3.99. The summed E-state index contributed by atoms with van der Waals surface area (Å²) in [7, 11) is 0. The molecule has 2 N–H and O–H groups in total. The molecule has 2 heterocycles. The molecule has 0 atom stereocenters. The number of nitrogens with one attached hydrogen (secondary N) is 2. The Kier molecular flexibility index (Phi) is 2.08. The molecule has 2 aromatic heterocycles. The molecule has 0 aliphatic carbocycles. The minimum absolute atomic E-state index is 0.00583. The van der Waals surface area contributed by atoms with E-state index in [9.17, 15) is 4.79 Å². The third-order valence-corrected chi connectivity index (χ3v) is 2.88. The van der Waals surface area contributed by atoms with Gasteiger partial charge in [-0.25, -0.2) is 0 Å². The number of para-hydroxylation sites is 1. The van der Waals surface area contributed by atoms with Gasteiger partial charge in [0.25, 0.3) is 0 Å². The number of aryl methyl sites for hydroxylation is 1. The minimum atomic E-state index is -0.00583. The fraction of sp³-hybridized carbons (Fsp3) is 0.0769. The molecule has 0 saturated heterocycles. The van der Waals surface area contributed by atoms with E-state index in [1.807, 2.05) is 31.2 Å². The molecular weight excluding hydrogens is 214 g/mol. The number of aromatic amines is 2. The fourth-order valence-electron chi connectivity index (χ4n) is 2.09. The van der Waals surface area contributed by atoms with Crippen LogP contribution in [0.3, 0.4) is 0 Å². The molecule has 0 spiro atoms. The van der Waals surface area contributed by atoms with Crippen LogP contribution < -0.4 is 0 Å². The van der Waals surface area contributed by atoms with E-state index in [0.717, 1.165) is 22.2 Å². The number of ketones is 1. The van der Waals surface area contributed by atoms with E-state index in [4.69, 9.17) is 0 Å². The second kappa shape index (κ2) is 3.59. The Morgan fingerprint density at radius 1 is 1.29 bits per heavy atom. The standard InChI is InChI=1S/C13H11N3O/c1-8-12(13(17)9-6-14-15-7-9)10-4-2-3-5-11(10)16-8/h2-7,16H,1H3,(H,14,15). The third kappa shape index (κ3) is 1.45. The van der Waals surface area contributed by atoms with Gasteiger partial charge in [-0.2, -0.15) is 5.10 Å². The molecule has 0 aliphatic heterocycles. The van der Waals surface area contributed by atoms with Crippen molar-refractivity contribution < 1.29 is 4.79 Å². The zero-order chi connectivity index (χ0) is 11.8. The number of fused-ring (bicyclic) bond motifs is 1. The predicted molar refractivity (Wildman–Crippen MR) is 65.1 cm³/mol. The molecule has 17 heavy (non-hydrogen) atoms. The van der Waals surface area contributed by atoms with Crippen LogP contribution in [0.4, 0.5) is 0 Å². The van der Waals surface area contributed by atoms with E-state index < -0.39 is 0 Å². The van der Waals surface area contributed by atoms with Crippen LogP contribution in [0.25, 0.3) is 10.9 Å². The summed E-state index contributed by atoms with van der Waals surface area (Å²) in [6.45, 7) is 1.91. The van der Waals surface area contributed by atoms with Crippen molar-refractivity contribution >= 4 is 16.7 Å². The van der Waals surface area contributed by atoms with Crippen LogP contribution in [-0.4, -0.2) is 21.0 Å². The summed E-state index contributed by atoms with van der Waals surface area (Å²) < 4.78 is 0. The Hall–Kier alpha value is -2.36. The lowest BCUT2D eigenvalue weighted by Gasteiger charge is -1.97. The number of carbonyl (C=O) groups is 1. The van der Waals surface area contributed by atoms with Gasteiger partial charge in [0, 0.05) is 22.8 Å². The molecule has 3 rings (SSSR count). The third-order valence-electron chi connectivity index (χ3n) is 2.88. The number of H-pyrrole nitrogens is 2. The summed E-state index contributed by atoms with van der Waals surface area (Å²) in [5.74, 6) is -0.00583. The maximum Gasteiger partial charge on any atom is 0.198 e. The van der Waals surface area contributed by atoms with Gasteiger partial charge in [-0.15, -0.1) is 0 Å². The Morgan fingerprint density at radius 2 is 2.12 bits per heavy atom. The van der Waals surface area contributed by atoms with Crippen LogP contribution in [0, 0.1) is 6.92 Å². The van der Waals surface area contributed by atoms with Gasteiger partial charge in [0.2, 0.25) is 0 Å². The fourth-order valence-corrected chi connectivity index (χ4v) is 2.09. The Balaban J connectivity index is 2.24. The molecule has 0 aliphatic rings. The topological polar surface area (TPSA) is 61.5 Å². The van der Waals surface area contributed by atoms with Crippen molar-refractivity contribution in [2.24, 2.45) is 0 Å². The first-order valence-corrected chi connectivity index (χ1v) is 5.38. The van der Waals surface area contributed by atoms with E-state index in [-0.39, 0.29) is 5.78 Å². The van der Waals surface area contributed by atoms with Gasteiger partial charge in [-0.3, -0.25) is 9.89 Å². The highest BCUT2D eigenvalue weighted by atomic mass is 16.1. The van der Waals surface area contributed by atoms with Crippen molar-refractivity contribution in [2.75, 3.05) is 0 Å². The molecule has 0 unspecified atom stereocenters. The zero-order valence-corrected chi connectivity index (χ0v) is 9.32. The van der Waals surface area contributed by atoms with E-state index in [0.29, 0.717) is 5.56 Å². The van der Waals surface area contributed by atoms with Gasteiger partial charge in [-0.1, -0.05) is 18.2 Å². The monoisotopic (exact) mass is 225 g/mol. The largest absolute Gasteiger partial charge is 0.358 e. The maximum atomic E-state index is 12.3. The maximum absolute atomic E-state index is 12.3. The molecule has 0 radical (unpaired) electrons. The van der Waals surface area contributed by atoms with Crippen LogP contribution in [0.5, 0.6) is 0 Å². The summed E-state index contributed by atoms with van der Waals surface area (Å²) in [5, 5.41) is 7.42. The highest BCUT2D eigenvalue weighted by Crippen LogP contribution is 2.24. The Labute approximate surface area is 97.7 Å². The summed E-state index contributed by atoms with van der Waals surface area (Å²) >= 11 is 0. The summed E-state index contributed by atoms with van der Waals surface area (Å²) in [5.41, 5.74) is 3.18. The van der Waals surface area contributed by atoms with Gasteiger partial charge in [0.15, 0.2) is 5.78 Å². The number of nitrogens with zero attached hydrogens (tertiary/aromatic N) is 1. The normalized spacial score (nSPS) is 10.9. The SMILES string of the molecule is Cc1[nH]c2ccccc2c1C(=O)c1cn[nH]c1. The molecule has 4 nitrogen and oxygen atoms in total. The van der Waals surface area contributed by atoms with Gasteiger partial charge >= 0.3 is 0 Å². The summed E-state index contributed by atoms with van der Waals surface area (Å²) in [6.07, 6.45) is 3.16. The van der Waals surface area contributed by atoms with Gasteiger partial charge in [0.1, 0.15) is 0 Å². The minimum Gasteiger partial charge on any atom is -0.358 e. The van der Waals surface area contributed by atoms with E-state index >= 15 is 0 Å². The van der Waals surface area contributed by atoms with Gasteiger partial charge in [-0.05, 0) is 13.0 Å². The van der Waals surface area contributed by atoms with Crippen LogP contribution in [0.1, 0.15) is 21.6 Å². The molecule has 0 fully saturated rings. The van der Waals surface area contributed by atoms with Crippen molar-refractivity contribution in [3.8, 4) is 0 Å². The quantitative estimate of drug-likeness (QED) is 0.658. The average Bonchev–Trinajstić information content (AvgIpc) is 2.94. The Bertz CT molecular complexity index is 680.